The first-order chi connectivity index (χ1) is 13.4. The Morgan fingerprint density at radius 2 is 1.61 bits per heavy atom. The Morgan fingerprint density at radius 3 is 2.14 bits per heavy atom. The molecular weight excluding hydrogens is 419 g/mol. The van der Waals surface area contributed by atoms with Gasteiger partial charge in [-0.15, -0.1) is 0 Å². The molecule has 0 radical (unpaired) electrons. The minimum atomic E-state index is -0.593. The van der Waals surface area contributed by atoms with Gasteiger partial charge in [-0.2, -0.15) is 0 Å². The van der Waals surface area contributed by atoms with E-state index in [1.165, 1.54) is 0 Å². The van der Waals surface area contributed by atoms with Crippen molar-refractivity contribution in [1.82, 2.24) is 10.2 Å². The van der Waals surface area contributed by atoms with Gasteiger partial charge in [-0.25, -0.2) is 0 Å². The number of halogens is 3. The van der Waals surface area contributed by atoms with Crippen molar-refractivity contribution in [3.63, 3.8) is 0 Å². The van der Waals surface area contributed by atoms with Crippen molar-refractivity contribution in [1.29, 1.82) is 0 Å². The molecule has 0 aliphatic carbocycles. The second-order valence-electron chi connectivity index (χ2n) is 6.34. The lowest BCUT2D eigenvalue weighted by molar-refractivity contribution is -0.140. The molecule has 0 heterocycles. The van der Waals surface area contributed by atoms with Gasteiger partial charge in [0.2, 0.25) is 11.8 Å². The number of carbonyl (C=O) groups excluding carboxylic acids is 2. The first-order valence-electron chi connectivity index (χ1n) is 9.11. The van der Waals surface area contributed by atoms with E-state index in [1.54, 1.807) is 35.2 Å². The fourth-order valence-electron chi connectivity index (χ4n) is 2.95. The van der Waals surface area contributed by atoms with Crippen molar-refractivity contribution in [2.75, 3.05) is 6.54 Å². The van der Waals surface area contributed by atoms with Crippen LogP contribution in [0.25, 0.3) is 0 Å². The standard InChI is InChI=1S/C21H23Cl3N2O2/c1-3-19(21(28)25-4-2)26(13-14-8-10-15(22)11-9-14)20(27)12-16-17(23)6-5-7-18(16)24/h5-11,19H,3-4,12-13H2,1-2H3,(H,25,28). The van der Waals surface area contributed by atoms with Crippen molar-refractivity contribution < 1.29 is 9.59 Å². The molecule has 1 unspecified atom stereocenters. The quantitative estimate of drug-likeness (QED) is 0.617. The van der Waals surface area contributed by atoms with Crippen LogP contribution in [0.4, 0.5) is 0 Å². The Kier molecular flexibility index (Phi) is 8.61. The lowest BCUT2D eigenvalue weighted by Crippen LogP contribution is -2.49. The van der Waals surface area contributed by atoms with Crippen LogP contribution in [0.15, 0.2) is 42.5 Å². The summed E-state index contributed by atoms with van der Waals surface area (Å²) >= 11 is 18.4. The van der Waals surface area contributed by atoms with Crippen molar-refractivity contribution in [3.8, 4) is 0 Å². The van der Waals surface area contributed by atoms with Gasteiger partial charge in [0, 0.05) is 28.2 Å². The molecule has 0 fully saturated rings. The minimum absolute atomic E-state index is 0.0159. The molecule has 2 aromatic rings. The van der Waals surface area contributed by atoms with Crippen molar-refractivity contribution in [2.45, 2.75) is 39.3 Å². The van der Waals surface area contributed by atoms with Crippen LogP contribution in [0.2, 0.25) is 15.1 Å². The topological polar surface area (TPSA) is 49.4 Å². The van der Waals surface area contributed by atoms with Crippen LogP contribution in [0, 0.1) is 0 Å². The van der Waals surface area contributed by atoms with Gasteiger partial charge in [0.1, 0.15) is 6.04 Å². The molecular formula is C21H23Cl3N2O2. The largest absolute Gasteiger partial charge is 0.355 e. The highest BCUT2D eigenvalue weighted by Crippen LogP contribution is 2.26. The number of benzene rings is 2. The number of likely N-dealkylation sites (N-methyl/N-ethyl adjacent to an activating group) is 1. The van der Waals surface area contributed by atoms with E-state index >= 15 is 0 Å². The van der Waals surface area contributed by atoms with E-state index in [0.717, 1.165) is 5.56 Å². The summed E-state index contributed by atoms with van der Waals surface area (Å²) in [6.45, 7) is 4.51. The molecule has 150 valence electrons. The number of rotatable bonds is 8. The third kappa shape index (κ3) is 5.87. The first-order valence-corrected chi connectivity index (χ1v) is 10.2. The van der Waals surface area contributed by atoms with Crippen LogP contribution in [0.5, 0.6) is 0 Å². The molecule has 0 saturated carbocycles. The molecule has 0 aliphatic heterocycles. The van der Waals surface area contributed by atoms with Gasteiger partial charge in [-0.1, -0.05) is 59.9 Å². The van der Waals surface area contributed by atoms with Crippen molar-refractivity contribution in [2.24, 2.45) is 0 Å². The lowest BCUT2D eigenvalue weighted by Gasteiger charge is -2.31. The Balaban J connectivity index is 2.33. The summed E-state index contributed by atoms with van der Waals surface area (Å²) in [7, 11) is 0. The number of amides is 2. The fraction of sp³-hybridized carbons (Fsp3) is 0.333. The summed E-state index contributed by atoms with van der Waals surface area (Å²) in [5, 5.41) is 4.28. The summed E-state index contributed by atoms with van der Waals surface area (Å²) < 4.78 is 0. The monoisotopic (exact) mass is 440 g/mol. The maximum absolute atomic E-state index is 13.2. The molecule has 1 N–H and O–H groups in total. The van der Waals surface area contributed by atoms with E-state index in [0.29, 0.717) is 33.6 Å². The van der Waals surface area contributed by atoms with Gasteiger partial charge in [0.05, 0.1) is 6.42 Å². The smallest absolute Gasteiger partial charge is 0.242 e. The lowest BCUT2D eigenvalue weighted by atomic mass is 10.1. The number of nitrogens with one attached hydrogen (secondary N) is 1. The van der Waals surface area contributed by atoms with Gasteiger partial charge in [-0.3, -0.25) is 9.59 Å². The highest BCUT2D eigenvalue weighted by Gasteiger charge is 2.29. The van der Waals surface area contributed by atoms with E-state index in [1.807, 2.05) is 26.0 Å². The molecule has 1 atom stereocenters. The second-order valence-corrected chi connectivity index (χ2v) is 7.59. The highest BCUT2D eigenvalue weighted by atomic mass is 35.5. The van der Waals surface area contributed by atoms with E-state index in [9.17, 15) is 9.59 Å². The van der Waals surface area contributed by atoms with Gasteiger partial charge in [0.15, 0.2) is 0 Å². The van der Waals surface area contributed by atoms with Gasteiger partial charge in [-0.05, 0) is 48.7 Å². The molecule has 0 saturated heterocycles. The zero-order valence-electron chi connectivity index (χ0n) is 15.8. The second kappa shape index (κ2) is 10.7. The summed E-state index contributed by atoms with van der Waals surface area (Å²) in [5.74, 6) is -0.402. The molecule has 4 nitrogen and oxygen atoms in total. The average Bonchev–Trinajstić information content (AvgIpc) is 2.66. The molecule has 28 heavy (non-hydrogen) atoms. The predicted octanol–water partition coefficient (Wildman–Crippen LogP) is 5.13. The van der Waals surface area contributed by atoms with Crippen molar-refractivity contribution >= 4 is 46.6 Å². The Hall–Kier alpha value is -1.75. The van der Waals surface area contributed by atoms with Crippen LogP contribution >= 0.6 is 34.8 Å². The Labute approximate surface area is 180 Å². The summed E-state index contributed by atoms with van der Waals surface area (Å²) in [6, 6.07) is 11.7. The van der Waals surface area contributed by atoms with Crippen LogP contribution in [0.3, 0.4) is 0 Å². The fourth-order valence-corrected chi connectivity index (χ4v) is 3.61. The zero-order valence-corrected chi connectivity index (χ0v) is 18.1. The zero-order chi connectivity index (χ0) is 20.7. The number of hydrogen-bond donors (Lipinski definition) is 1. The Morgan fingerprint density at radius 1 is 1.00 bits per heavy atom. The first kappa shape index (κ1) is 22.5. The van der Waals surface area contributed by atoms with Gasteiger partial charge >= 0.3 is 0 Å². The molecule has 0 aromatic heterocycles. The number of nitrogens with zero attached hydrogens (tertiary/aromatic N) is 1. The van der Waals surface area contributed by atoms with Gasteiger partial charge < -0.3 is 10.2 Å². The molecule has 2 amide bonds. The highest BCUT2D eigenvalue weighted by molar-refractivity contribution is 6.36. The van der Waals surface area contributed by atoms with Crippen LogP contribution in [-0.2, 0) is 22.6 Å². The van der Waals surface area contributed by atoms with Gasteiger partial charge in [0.25, 0.3) is 0 Å². The van der Waals surface area contributed by atoms with E-state index in [4.69, 9.17) is 34.8 Å². The normalized spacial score (nSPS) is 11.8. The molecule has 7 heteroatoms. The molecule has 2 rings (SSSR count). The Bertz CT molecular complexity index is 805. The maximum Gasteiger partial charge on any atom is 0.242 e. The molecule has 0 spiro atoms. The minimum Gasteiger partial charge on any atom is -0.355 e. The average molecular weight is 442 g/mol. The maximum atomic E-state index is 13.2. The van der Waals surface area contributed by atoms with Crippen molar-refractivity contribution in [3.05, 3.63) is 68.7 Å². The van der Waals surface area contributed by atoms with E-state index in [2.05, 4.69) is 5.32 Å². The summed E-state index contributed by atoms with van der Waals surface area (Å²) in [4.78, 5) is 27.3. The third-order valence-corrected chi connectivity index (χ3v) is 5.35. The van der Waals surface area contributed by atoms with E-state index in [-0.39, 0.29) is 24.8 Å². The van der Waals surface area contributed by atoms with Crippen LogP contribution in [0.1, 0.15) is 31.4 Å². The number of carbonyl (C=O) groups is 2. The predicted molar refractivity (Wildman–Crippen MR) is 115 cm³/mol. The van der Waals surface area contributed by atoms with Crippen LogP contribution < -0.4 is 5.32 Å². The molecule has 0 aliphatic rings. The molecule has 0 bridgehead atoms. The third-order valence-electron chi connectivity index (χ3n) is 4.39. The summed E-state index contributed by atoms with van der Waals surface area (Å²) in [6.07, 6.45) is 0.503. The van der Waals surface area contributed by atoms with E-state index < -0.39 is 6.04 Å². The summed E-state index contributed by atoms with van der Waals surface area (Å²) in [5.41, 5.74) is 1.44. The number of hydrogen-bond acceptors (Lipinski definition) is 2. The molecule has 2 aromatic carbocycles. The SMILES string of the molecule is CCNC(=O)C(CC)N(Cc1ccc(Cl)cc1)C(=O)Cc1c(Cl)cccc1Cl. The van der Waals surface area contributed by atoms with Crippen LogP contribution in [-0.4, -0.2) is 29.3 Å².